The summed E-state index contributed by atoms with van der Waals surface area (Å²) < 4.78 is 0. The van der Waals surface area contributed by atoms with Gasteiger partial charge in [0.2, 0.25) is 5.91 Å². The fourth-order valence-electron chi connectivity index (χ4n) is 2.95. The first kappa shape index (κ1) is 17.2. The number of imide groups is 1. The predicted molar refractivity (Wildman–Crippen MR) is 96.4 cm³/mol. The van der Waals surface area contributed by atoms with Gasteiger partial charge in [-0.1, -0.05) is 25.6 Å². The Morgan fingerprint density at radius 1 is 1.29 bits per heavy atom. The van der Waals surface area contributed by atoms with Crippen molar-refractivity contribution in [1.82, 2.24) is 15.3 Å². The van der Waals surface area contributed by atoms with Crippen LogP contribution in [0.3, 0.4) is 0 Å². The summed E-state index contributed by atoms with van der Waals surface area (Å²) in [6.45, 7) is 5.76. The van der Waals surface area contributed by atoms with Gasteiger partial charge in [-0.3, -0.25) is 10.1 Å². The standard InChI is InChI=1S/C16H20N4O2S2/c1-7(2)12(13(21)20-16(17)22)24-15-11-9-5-4-6-10(9)23-14(11)18-8(3)19-15/h7,12H,4-6H2,1-3H3,(H3,17,20,21,22). The summed E-state index contributed by atoms with van der Waals surface area (Å²) in [7, 11) is 0. The minimum atomic E-state index is -0.827. The van der Waals surface area contributed by atoms with Crippen LogP contribution in [0.5, 0.6) is 0 Å². The van der Waals surface area contributed by atoms with E-state index in [-0.39, 0.29) is 11.8 Å². The lowest BCUT2D eigenvalue weighted by Gasteiger charge is -2.19. The van der Waals surface area contributed by atoms with Crippen LogP contribution in [0.1, 0.15) is 36.5 Å². The van der Waals surface area contributed by atoms with Gasteiger partial charge < -0.3 is 5.73 Å². The van der Waals surface area contributed by atoms with Gasteiger partial charge in [-0.25, -0.2) is 14.8 Å². The third kappa shape index (κ3) is 3.25. The molecule has 8 heteroatoms. The third-order valence-electron chi connectivity index (χ3n) is 3.99. The van der Waals surface area contributed by atoms with Crippen molar-refractivity contribution in [2.24, 2.45) is 11.7 Å². The van der Waals surface area contributed by atoms with Crippen molar-refractivity contribution in [3.63, 3.8) is 0 Å². The lowest BCUT2D eigenvalue weighted by atomic mass is 10.1. The molecular weight excluding hydrogens is 344 g/mol. The van der Waals surface area contributed by atoms with Gasteiger partial charge in [-0.05, 0) is 37.7 Å². The van der Waals surface area contributed by atoms with Crippen LogP contribution in [0, 0.1) is 12.8 Å². The third-order valence-corrected chi connectivity index (χ3v) is 6.71. The summed E-state index contributed by atoms with van der Waals surface area (Å²) in [6.07, 6.45) is 3.29. The fraction of sp³-hybridized carbons (Fsp3) is 0.500. The number of hydrogen-bond acceptors (Lipinski definition) is 6. The van der Waals surface area contributed by atoms with Gasteiger partial charge in [0.1, 0.15) is 15.7 Å². The molecule has 0 aliphatic heterocycles. The molecule has 3 N–H and O–H groups in total. The van der Waals surface area contributed by atoms with Crippen LogP contribution in [-0.2, 0) is 17.6 Å². The number of fused-ring (bicyclic) bond motifs is 3. The normalized spacial score (nSPS) is 14.8. The Labute approximate surface area is 148 Å². The predicted octanol–water partition coefficient (Wildman–Crippen LogP) is 2.80. The van der Waals surface area contributed by atoms with E-state index in [2.05, 4.69) is 15.3 Å². The Balaban J connectivity index is 2.01. The summed E-state index contributed by atoms with van der Waals surface area (Å²) in [6, 6.07) is -0.827. The van der Waals surface area contributed by atoms with E-state index >= 15 is 0 Å². The highest BCUT2D eigenvalue weighted by Gasteiger charge is 2.28. The highest BCUT2D eigenvalue weighted by Crippen LogP contribution is 2.42. The van der Waals surface area contributed by atoms with E-state index in [1.165, 1.54) is 22.2 Å². The molecular formula is C16H20N4O2S2. The Bertz CT molecular complexity index is 816. The second-order valence-electron chi connectivity index (χ2n) is 6.25. The van der Waals surface area contributed by atoms with E-state index in [1.54, 1.807) is 11.3 Å². The van der Waals surface area contributed by atoms with Crippen molar-refractivity contribution < 1.29 is 9.59 Å². The monoisotopic (exact) mass is 364 g/mol. The van der Waals surface area contributed by atoms with E-state index in [0.29, 0.717) is 5.82 Å². The first-order valence-electron chi connectivity index (χ1n) is 7.92. The van der Waals surface area contributed by atoms with Gasteiger partial charge in [0, 0.05) is 10.3 Å². The molecule has 0 bridgehead atoms. The first-order chi connectivity index (χ1) is 11.4. The van der Waals surface area contributed by atoms with Crippen LogP contribution < -0.4 is 11.1 Å². The van der Waals surface area contributed by atoms with Gasteiger partial charge in [0.15, 0.2) is 0 Å². The minimum Gasteiger partial charge on any atom is -0.351 e. The lowest BCUT2D eigenvalue weighted by Crippen LogP contribution is -2.42. The molecule has 0 saturated heterocycles. The van der Waals surface area contributed by atoms with E-state index in [1.807, 2.05) is 20.8 Å². The molecule has 1 aliphatic rings. The summed E-state index contributed by atoms with van der Waals surface area (Å²) in [5.74, 6) is 0.355. The summed E-state index contributed by atoms with van der Waals surface area (Å²) in [4.78, 5) is 34.9. The van der Waals surface area contributed by atoms with Crippen LogP contribution in [-0.4, -0.2) is 27.2 Å². The van der Waals surface area contributed by atoms with Crippen molar-refractivity contribution in [3.8, 4) is 0 Å². The zero-order chi connectivity index (χ0) is 17.4. The second-order valence-corrected chi connectivity index (χ2v) is 8.46. The topological polar surface area (TPSA) is 98.0 Å². The van der Waals surface area contributed by atoms with Crippen LogP contribution >= 0.6 is 23.1 Å². The quantitative estimate of drug-likeness (QED) is 0.642. The molecule has 6 nitrogen and oxygen atoms in total. The molecule has 24 heavy (non-hydrogen) atoms. The molecule has 0 aromatic carbocycles. The van der Waals surface area contributed by atoms with E-state index < -0.39 is 11.3 Å². The Morgan fingerprint density at radius 3 is 2.71 bits per heavy atom. The Morgan fingerprint density at radius 2 is 2.04 bits per heavy atom. The number of urea groups is 1. The average Bonchev–Trinajstić information content (AvgIpc) is 3.02. The number of nitrogens with two attached hydrogens (primary N) is 1. The SMILES string of the molecule is Cc1nc(SC(C(=O)NC(N)=O)C(C)C)c2c3c(sc2n1)CCC3. The maximum absolute atomic E-state index is 12.3. The molecule has 1 unspecified atom stereocenters. The number of amides is 3. The van der Waals surface area contributed by atoms with Gasteiger partial charge >= 0.3 is 6.03 Å². The molecule has 2 aromatic heterocycles. The molecule has 0 saturated carbocycles. The lowest BCUT2D eigenvalue weighted by molar-refractivity contribution is -0.120. The number of carbonyl (C=O) groups is 2. The van der Waals surface area contributed by atoms with Crippen LogP contribution in [0.4, 0.5) is 4.79 Å². The van der Waals surface area contributed by atoms with Gasteiger partial charge in [0.25, 0.3) is 0 Å². The average molecular weight is 364 g/mol. The van der Waals surface area contributed by atoms with E-state index in [0.717, 1.165) is 34.5 Å². The van der Waals surface area contributed by atoms with Gasteiger partial charge in [-0.2, -0.15) is 0 Å². The number of thiophene rings is 1. The van der Waals surface area contributed by atoms with Crippen LogP contribution in [0.15, 0.2) is 5.03 Å². The molecule has 2 aromatic rings. The van der Waals surface area contributed by atoms with Gasteiger partial charge in [0.05, 0.1) is 5.25 Å². The Kier molecular flexibility index (Phi) is 4.78. The van der Waals surface area contributed by atoms with Crippen LogP contribution in [0.25, 0.3) is 10.2 Å². The molecule has 0 fully saturated rings. The maximum Gasteiger partial charge on any atom is 0.318 e. The highest BCUT2D eigenvalue weighted by molar-refractivity contribution is 8.00. The maximum atomic E-state index is 12.3. The number of nitrogens with zero attached hydrogens (tertiary/aromatic N) is 2. The molecule has 1 aliphatic carbocycles. The van der Waals surface area contributed by atoms with Crippen molar-refractivity contribution in [2.75, 3.05) is 0 Å². The smallest absolute Gasteiger partial charge is 0.318 e. The second kappa shape index (κ2) is 6.68. The van der Waals surface area contributed by atoms with Crippen molar-refractivity contribution in [1.29, 1.82) is 0 Å². The number of aryl methyl sites for hydroxylation is 3. The number of primary amides is 1. The van der Waals surface area contributed by atoms with Crippen molar-refractivity contribution >= 4 is 45.3 Å². The highest BCUT2D eigenvalue weighted by atomic mass is 32.2. The van der Waals surface area contributed by atoms with Gasteiger partial charge in [-0.15, -0.1) is 11.3 Å². The van der Waals surface area contributed by atoms with E-state index in [9.17, 15) is 9.59 Å². The molecule has 0 radical (unpaired) electrons. The Hall–Kier alpha value is -1.67. The summed E-state index contributed by atoms with van der Waals surface area (Å²) in [5, 5.41) is 3.67. The molecule has 3 rings (SSSR count). The zero-order valence-corrected chi connectivity index (χ0v) is 15.5. The van der Waals surface area contributed by atoms with Crippen molar-refractivity contribution in [3.05, 3.63) is 16.3 Å². The number of aromatic nitrogens is 2. The number of hydrogen-bond donors (Lipinski definition) is 2. The van der Waals surface area contributed by atoms with E-state index in [4.69, 9.17) is 5.73 Å². The largest absolute Gasteiger partial charge is 0.351 e. The first-order valence-corrected chi connectivity index (χ1v) is 9.62. The van der Waals surface area contributed by atoms with Crippen LogP contribution in [0.2, 0.25) is 0 Å². The van der Waals surface area contributed by atoms with Crippen molar-refractivity contribution in [2.45, 2.75) is 50.3 Å². The number of carbonyl (C=O) groups excluding carboxylic acids is 2. The summed E-state index contributed by atoms with van der Waals surface area (Å²) >= 11 is 3.13. The zero-order valence-electron chi connectivity index (χ0n) is 13.9. The molecule has 1 atom stereocenters. The molecule has 0 spiro atoms. The fourth-order valence-corrected chi connectivity index (χ4v) is 5.53. The molecule has 2 heterocycles. The summed E-state index contributed by atoms with van der Waals surface area (Å²) in [5.41, 5.74) is 6.42. The molecule has 3 amide bonds. The number of rotatable bonds is 4. The number of thioether (sulfide) groups is 1. The molecule has 128 valence electrons. The minimum absolute atomic E-state index is 0.0337. The number of nitrogens with one attached hydrogen (secondary N) is 1.